The maximum Gasteiger partial charge on any atom is 0.336 e. The number of benzene rings is 2. The van der Waals surface area contributed by atoms with E-state index in [4.69, 9.17) is 0 Å². The highest BCUT2D eigenvalue weighted by atomic mass is 32.2. The summed E-state index contributed by atoms with van der Waals surface area (Å²) in [7, 11) is 0. The molecule has 0 saturated carbocycles. The van der Waals surface area contributed by atoms with Crippen molar-refractivity contribution in [1.82, 2.24) is 0 Å². The number of unbranched alkanes of at least 4 members (excludes halogenated alkanes) is 7. The molecule has 3 N–H and O–H groups in total. The van der Waals surface area contributed by atoms with Crippen LogP contribution in [0.3, 0.4) is 0 Å². The molecule has 0 saturated heterocycles. The van der Waals surface area contributed by atoms with E-state index in [1.165, 1.54) is 68.5 Å². The highest BCUT2D eigenvalue weighted by Gasteiger charge is 2.23. The Bertz CT molecular complexity index is 998. The van der Waals surface area contributed by atoms with Crippen molar-refractivity contribution in [2.45, 2.75) is 74.5 Å². The molecule has 2 atom stereocenters. The van der Waals surface area contributed by atoms with E-state index in [0.29, 0.717) is 10.5 Å². The van der Waals surface area contributed by atoms with E-state index < -0.39 is 23.3 Å². The maximum atomic E-state index is 11.7. The van der Waals surface area contributed by atoms with Gasteiger partial charge in [-0.25, -0.2) is 9.59 Å². The molecule has 0 aliphatic heterocycles. The van der Waals surface area contributed by atoms with Crippen LogP contribution >= 0.6 is 11.8 Å². The van der Waals surface area contributed by atoms with Gasteiger partial charge in [0, 0.05) is 4.90 Å². The molecule has 188 valence electrons. The van der Waals surface area contributed by atoms with Crippen molar-refractivity contribution in [2.24, 2.45) is 0 Å². The van der Waals surface area contributed by atoms with E-state index in [2.05, 4.69) is 13.0 Å². The number of aromatic carboxylic acids is 2. The molecule has 6 heteroatoms. The quantitative estimate of drug-likeness (QED) is 0.126. The smallest absolute Gasteiger partial charge is 0.336 e. The monoisotopic (exact) mass is 496 g/mol. The van der Waals surface area contributed by atoms with Crippen molar-refractivity contribution < 1.29 is 24.9 Å². The largest absolute Gasteiger partial charge is 0.478 e. The average molecular weight is 497 g/mol. The van der Waals surface area contributed by atoms with Crippen LogP contribution in [0.25, 0.3) is 0 Å². The van der Waals surface area contributed by atoms with Crippen molar-refractivity contribution in [3.05, 3.63) is 89.5 Å². The second-order valence-corrected chi connectivity index (χ2v) is 9.70. The lowest BCUT2D eigenvalue weighted by Crippen LogP contribution is -2.14. The van der Waals surface area contributed by atoms with Gasteiger partial charge in [0.15, 0.2) is 0 Å². The molecular weight excluding hydrogens is 460 g/mol. The zero-order valence-corrected chi connectivity index (χ0v) is 21.1. The molecule has 0 radical (unpaired) electrons. The van der Waals surface area contributed by atoms with Gasteiger partial charge in [-0.1, -0.05) is 94.0 Å². The van der Waals surface area contributed by atoms with Gasteiger partial charge in [-0.2, -0.15) is 0 Å². The van der Waals surface area contributed by atoms with Crippen molar-refractivity contribution in [3.63, 3.8) is 0 Å². The van der Waals surface area contributed by atoms with E-state index in [1.807, 2.05) is 18.2 Å². The van der Waals surface area contributed by atoms with Crippen LogP contribution < -0.4 is 0 Å². The predicted octanol–water partition coefficient (Wildman–Crippen LogP) is 7.53. The highest BCUT2D eigenvalue weighted by molar-refractivity contribution is 8.00. The van der Waals surface area contributed by atoms with Crippen LogP contribution in [0.15, 0.2) is 77.7 Å². The molecule has 0 heterocycles. The number of aliphatic hydroxyl groups excluding tert-OH is 1. The minimum absolute atomic E-state index is 0.0924. The average Bonchev–Trinajstić information content (AvgIpc) is 2.86. The highest BCUT2D eigenvalue weighted by Crippen LogP contribution is 2.35. The molecule has 0 fully saturated rings. The molecule has 0 aliphatic carbocycles. The molecule has 0 bridgehead atoms. The summed E-state index contributed by atoms with van der Waals surface area (Å²) in [6, 6.07) is 12.9. The van der Waals surface area contributed by atoms with Crippen LogP contribution in [0, 0.1) is 0 Å². The van der Waals surface area contributed by atoms with Crippen LogP contribution in [0.2, 0.25) is 0 Å². The standard InChI is InChI=1S/C29H36O5S/c1-2-3-4-5-6-7-8-9-10-11-12-20-26(35-25-19-14-13-18-24(25)29(33)34)27(30)22-16-15-17-23(21-22)28(31)32/h10-21,26-27,30H,2-9H2,1H3,(H,31,32)(H,33,34)/b11-10-,20-12+/t26-,27+/m1/s1. The third kappa shape index (κ3) is 10.1. The van der Waals surface area contributed by atoms with Crippen molar-refractivity contribution in [2.75, 3.05) is 0 Å². The predicted molar refractivity (Wildman–Crippen MR) is 142 cm³/mol. The van der Waals surface area contributed by atoms with E-state index in [9.17, 15) is 24.9 Å². The molecule has 0 aromatic heterocycles. The fraction of sp³-hybridized carbons (Fsp3) is 0.379. The Kier molecular flexibility index (Phi) is 12.9. The van der Waals surface area contributed by atoms with Crippen molar-refractivity contribution in [3.8, 4) is 0 Å². The van der Waals surface area contributed by atoms with Crippen LogP contribution in [0.4, 0.5) is 0 Å². The minimum atomic E-state index is -1.07. The second-order valence-electron chi connectivity index (χ2n) is 8.48. The van der Waals surface area contributed by atoms with Gasteiger partial charge in [0.05, 0.1) is 22.5 Å². The summed E-state index contributed by atoms with van der Waals surface area (Å²) >= 11 is 1.24. The summed E-state index contributed by atoms with van der Waals surface area (Å²) in [5.74, 6) is -2.10. The van der Waals surface area contributed by atoms with E-state index in [0.717, 1.165) is 12.8 Å². The Hall–Kier alpha value is -2.83. The summed E-state index contributed by atoms with van der Waals surface area (Å²) < 4.78 is 0. The first-order valence-corrected chi connectivity index (χ1v) is 13.2. The third-order valence-corrected chi connectivity index (χ3v) is 6.99. The molecule has 0 aliphatic rings. The molecule has 5 nitrogen and oxygen atoms in total. The Morgan fingerprint density at radius 1 is 0.886 bits per heavy atom. The normalized spacial score (nSPS) is 13.3. The van der Waals surface area contributed by atoms with Crippen LogP contribution in [0.5, 0.6) is 0 Å². The van der Waals surface area contributed by atoms with Gasteiger partial charge in [-0.05, 0) is 42.7 Å². The number of hydrogen-bond donors (Lipinski definition) is 3. The first kappa shape index (κ1) is 28.4. The van der Waals surface area contributed by atoms with Crippen LogP contribution in [0.1, 0.15) is 90.7 Å². The van der Waals surface area contributed by atoms with Gasteiger partial charge >= 0.3 is 11.9 Å². The summed E-state index contributed by atoms with van der Waals surface area (Å²) in [5, 5.41) is 29.4. The number of carboxylic acid groups (broad SMARTS) is 2. The lowest BCUT2D eigenvalue weighted by molar-refractivity contribution is 0.0683. The molecular formula is C29H36O5S. The number of allylic oxidation sites excluding steroid dienone is 3. The molecule has 35 heavy (non-hydrogen) atoms. The Labute approximate surface area is 212 Å². The van der Waals surface area contributed by atoms with Gasteiger partial charge in [-0.15, -0.1) is 11.8 Å². The fourth-order valence-electron chi connectivity index (χ4n) is 3.71. The number of hydrogen-bond acceptors (Lipinski definition) is 4. The topological polar surface area (TPSA) is 94.8 Å². The number of aliphatic hydroxyl groups is 1. The van der Waals surface area contributed by atoms with Crippen molar-refractivity contribution in [1.29, 1.82) is 0 Å². The summed E-state index contributed by atoms with van der Waals surface area (Å²) in [4.78, 5) is 23.6. The SMILES string of the molecule is CCCCCCCCC/C=C\C=C\[C@@H](Sc1ccccc1C(=O)O)[C@@H](O)c1cccc(C(=O)O)c1. The van der Waals surface area contributed by atoms with Gasteiger partial charge < -0.3 is 15.3 Å². The molecule has 0 unspecified atom stereocenters. The Morgan fingerprint density at radius 2 is 1.60 bits per heavy atom. The zero-order valence-electron chi connectivity index (χ0n) is 20.3. The molecule has 0 spiro atoms. The van der Waals surface area contributed by atoms with Crippen LogP contribution in [-0.4, -0.2) is 32.5 Å². The zero-order chi connectivity index (χ0) is 25.5. The third-order valence-electron chi connectivity index (χ3n) is 5.69. The van der Waals surface area contributed by atoms with E-state index >= 15 is 0 Å². The fourth-order valence-corrected chi connectivity index (χ4v) is 4.90. The maximum absolute atomic E-state index is 11.7. The molecule has 2 rings (SSSR count). The minimum Gasteiger partial charge on any atom is -0.478 e. The second kappa shape index (κ2) is 16.0. The number of rotatable bonds is 16. The summed E-state index contributed by atoms with van der Waals surface area (Å²) in [5.41, 5.74) is 0.721. The Balaban J connectivity index is 2.09. The van der Waals surface area contributed by atoms with Gasteiger partial charge in [0.2, 0.25) is 0 Å². The number of carbonyl (C=O) groups is 2. The van der Waals surface area contributed by atoms with Crippen molar-refractivity contribution >= 4 is 23.7 Å². The lowest BCUT2D eigenvalue weighted by atomic mass is 10.0. The molecule has 2 aromatic rings. The first-order chi connectivity index (χ1) is 16.9. The van der Waals surface area contributed by atoms with Gasteiger partial charge in [0.1, 0.15) is 0 Å². The van der Waals surface area contributed by atoms with Gasteiger partial charge in [-0.3, -0.25) is 0 Å². The Morgan fingerprint density at radius 3 is 2.31 bits per heavy atom. The molecule has 2 aromatic carbocycles. The number of thioether (sulfide) groups is 1. The van der Waals surface area contributed by atoms with E-state index in [1.54, 1.807) is 30.3 Å². The summed E-state index contributed by atoms with van der Waals surface area (Å²) in [6.45, 7) is 2.22. The summed E-state index contributed by atoms with van der Waals surface area (Å²) in [6.07, 6.45) is 16.6. The first-order valence-electron chi connectivity index (χ1n) is 12.3. The number of carboxylic acids is 2. The van der Waals surface area contributed by atoms with E-state index in [-0.39, 0.29) is 11.1 Å². The molecule has 0 amide bonds. The lowest BCUT2D eigenvalue weighted by Gasteiger charge is -2.21. The van der Waals surface area contributed by atoms with Crippen LogP contribution in [-0.2, 0) is 0 Å². The van der Waals surface area contributed by atoms with Gasteiger partial charge in [0.25, 0.3) is 0 Å².